The molecule has 1 amide bonds. The van der Waals surface area contributed by atoms with Crippen LogP contribution in [0.2, 0.25) is 0 Å². The molecule has 1 heterocycles. The fraction of sp³-hybridized carbons (Fsp3) is 0.200. The number of fused-ring (bicyclic) bond motifs is 1. The molecule has 5 nitrogen and oxygen atoms in total. The molecule has 0 bridgehead atoms. The van der Waals surface area contributed by atoms with E-state index >= 15 is 0 Å². The molecule has 0 saturated carbocycles. The zero-order valence-electron chi connectivity index (χ0n) is 14.4. The first-order chi connectivity index (χ1) is 12.5. The predicted molar refractivity (Wildman–Crippen MR) is 104 cm³/mol. The lowest BCUT2D eigenvalue weighted by molar-refractivity contribution is -0.114. The Hall–Kier alpha value is -2.44. The Balaban J connectivity index is 1.68. The van der Waals surface area contributed by atoms with Crippen LogP contribution in [-0.4, -0.2) is 36.9 Å². The van der Waals surface area contributed by atoms with E-state index < -0.39 is 11.7 Å². The third-order valence-corrected chi connectivity index (χ3v) is 4.74. The van der Waals surface area contributed by atoms with Gasteiger partial charge in [-0.25, -0.2) is 0 Å². The summed E-state index contributed by atoms with van der Waals surface area (Å²) >= 11 is 3.36. The van der Waals surface area contributed by atoms with Gasteiger partial charge in [-0.05, 0) is 52.8 Å². The quantitative estimate of drug-likeness (QED) is 0.512. The van der Waals surface area contributed by atoms with Gasteiger partial charge in [0, 0.05) is 11.0 Å². The van der Waals surface area contributed by atoms with Gasteiger partial charge in [-0.15, -0.1) is 0 Å². The van der Waals surface area contributed by atoms with Crippen LogP contribution in [0.4, 0.5) is 5.69 Å². The lowest BCUT2D eigenvalue weighted by Crippen LogP contribution is -2.38. The van der Waals surface area contributed by atoms with E-state index in [1.54, 1.807) is 18.2 Å². The van der Waals surface area contributed by atoms with E-state index in [1.807, 2.05) is 42.3 Å². The summed E-state index contributed by atoms with van der Waals surface area (Å²) in [4.78, 5) is 28.1. The van der Waals surface area contributed by atoms with Crippen molar-refractivity contribution in [2.45, 2.75) is 6.54 Å². The van der Waals surface area contributed by atoms with Gasteiger partial charge >= 0.3 is 5.91 Å². The summed E-state index contributed by atoms with van der Waals surface area (Å²) in [5.41, 5.74) is 2.18. The highest BCUT2D eigenvalue weighted by Crippen LogP contribution is 2.34. The second-order valence-corrected chi connectivity index (χ2v) is 6.95. The van der Waals surface area contributed by atoms with Gasteiger partial charge in [0.2, 0.25) is 0 Å². The summed E-state index contributed by atoms with van der Waals surface area (Å²) in [6.45, 7) is 5.07. The number of carbonyl (C=O) groups is 2. The minimum Gasteiger partial charge on any atom is -0.490 e. The number of nitrogens with zero attached hydrogens (tertiary/aromatic N) is 2. The number of hydrogen-bond donors (Lipinski definition) is 0. The van der Waals surface area contributed by atoms with Crippen LogP contribution in [0.15, 0.2) is 59.6 Å². The van der Waals surface area contributed by atoms with Crippen LogP contribution in [0.5, 0.6) is 5.75 Å². The van der Waals surface area contributed by atoms with Crippen molar-refractivity contribution in [3.63, 3.8) is 0 Å². The van der Waals surface area contributed by atoms with E-state index in [9.17, 15) is 9.59 Å². The van der Waals surface area contributed by atoms with Gasteiger partial charge < -0.3 is 4.74 Å². The molecule has 2 aromatic rings. The molecule has 0 fully saturated rings. The normalized spacial score (nSPS) is 13.3. The van der Waals surface area contributed by atoms with E-state index in [2.05, 4.69) is 22.5 Å². The minimum absolute atomic E-state index is 0.336. The van der Waals surface area contributed by atoms with Crippen molar-refractivity contribution in [3.05, 3.63) is 70.7 Å². The summed E-state index contributed by atoms with van der Waals surface area (Å²) in [7, 11) is 1.91. The zero-order chi connectivity index (χ0) is 18.7. The Labute approximate surface area is 161 Å². The Kier molecular flexibility index (Phi) is 5.54. The zero-order valence-corrected chi connectivity index (χ0v) is 16.0. The first-order valence-corrected chi connectivity index (χ1v) is 8.96. The molecule has 6 heteroatoms. The third-order valence-electron chi connectivity index (χ3n) is 4.08. The highest BCUT2D eigenvalue weighted by Gasteiger charge is 2.37. The van der Waals surface area contributed by atoms with Crippen molar-refractivity contribution in [1.82, 2.24) is 4.90 Å². The Morgan fingerprint density at radius 2 is 1.92 bits per heavy atom. The topological polar surface area (TPSA) is 49.9 Å². The number of ketones is 1. The summed E-state index contributed by atoms with van der Waals surface area (Å²) in [6.07, 6.45) is 1.70. The average molecular weight is 415 g/mol. The maximum atomic E-state index is 12.4. The SMILES string of the molecule is C=CCOc1ccc(CN(C)CN2C(=O)C(=O)c3c(Br)cccc32)cc1. The van der Waals surface area contributed by atoms with Gasteiger partial charge in [0.25, 0.3) is 5.78 Å². The number of hydrogen-bond acceptors (Lipinski definition) is 4. The van der Waals surface area contributed by atoms with E-state index in [0.717, 1.165) is 11.3 Å². The number of Topliss-reactive ketones (excluding diaryl/α,β-unsaturated/α-hetero) is 1. The maximum absolute atomic E-state index is 12.4. The van der Waals surface area contributed by atoms with Crippen molar-refractivity contribution < 1.29 is 14.3 Å². The van der Waals surface area contributed by atoms with Gasteiger partial charge in [0.1, 0.15) is 12.4 Å². The first kappa shape index (κ1) is 18.4. The predicted octanol–water partition coefficient (Wildman–Crippen LogP) is 3.63. The molecule has 0 saturated heterocycles. The van der Waals surface area contributed by atoms with Crippen LogP contribution >= 0.6 is 15.9 Å². The van der Waals surface area contributed by atoms with Gasteiger partial charge in [-0.2, -0.15) is 0 Å². The average Bonchev–Trinajstić information content (AvgIpc) is 2.87. The molecule has 0 unspecified atom stereocenters. The smallest absolute Gasteiger partial charge is 0.300 e. The molecule has 0 aromatic heterocycles. The van der Waals surface area contributed by atoms with E-state index in [-0.39, 0.29) is 0 Å². The van der Waals surface area contributed by atoms with E-state index in [0.29, 0.717) is 35.5 Å². The van der Waals surface area contributed by atoms with Crippen molar-refractivity contribution in [2.24, 2.45) is 0 Å². The van der Waals surface area contributed by atoms with Crippen LogP contribution in [-0.2, 0) is 11.3 Å². The fourth-order valence-corrected chi connectivity index (χ4v) is 3.43. The molecule has 134 valence electrons. The number of anilines is 1. The minimum atomic E-state index is -0.494. The second kappa shape index (κ2) is 7.85. The molecule has 0 aliphatic carbocycles. The second-order valence-electron chi connectivity index (χ2n) is 6.10. The first-order valence-electron chi connectivity index (χ1n) is 8.17. The fourth-order valence-electron chi connectivity index (χ4n) is 2.89. The molecule has 1 aliphatic heterocycles. The largest absolute Gasteiger partial charge is 0.490 e. The number of amides is 1. The summed E-state index contributed by atoms with van der Waals surface area (Å²) in [5.74, 6) is -0.174. The monoisotopic (exact) mass is 414 g/mol. The Morgan fingerprint density at radius 3 is 2.62 bits per heavy atom. The summed E-state index contributed by atoms with van der Waals surface area (Å²) in [5, 5.41) is 0. The summed E-state index contributed by atoms with van der Waals surface area (Å²) < 4.78 is 6.12. The molecule has 0 N–H and O–H groups in total. The number of halogens is 1. The molecule has 1 aliphatic rings. The number of carbonyl (C=O) groups excluding carboxylic acids is 2. The molecule has 0 radical (unpaired) electrons. The van der Waals surface area contributed by atoms with E-state index in [4.69, 9.17) is 4.74 Å². The van der Waals surface area contributed by atoms with Gasteiger partial charge in [0.15, 0.2) is 0 Å². The van der Waals surface area contributed by atoms with Crippen LogP contribution in [0, 0.1) is 0 Å². The van der Waals surface area contributed by atoms with E-state index in [1.165, 1.54) is 4.90 Å². The standard InChI is InChI=1S/C20H19BrN2O3/c1-3-11-26-15-9-7-14(8-10-15)12-22(2)13-23-17-6-4-5-16(21)18(17)19(24)20(23)25/h3-10H,1,11-13H2,2H3. The molecular formula is C20H19BrN2O3. The molecule has 0 atom stereocenters. The lowest BCUT2D eigenvalue weighted by atomic mass is 10.1. The number of benzene rings is 2. The van der Waals surface area contributed by atoms with Gasteiger partial charge in [-0.3, -0.25) is 19.4 Å². The maximum Gasteiger partial charge on any atom is 0.300 e. The van der Waals surface area contributed by atoms with Crippen molar-refractivity contribution in [2.75, 3.05) is 25.2 Å². The molecule has 0 spiro atoms. The molecule has 26 heavy (non-hydrogen) atoms. The highest BCUT2D eigenvalue weighted by atomic mass is 79.9. The Morgan fingerprint density at radius 1 is 1.19 bits per heavy atom. The van der Waals surface area contributed by atoms with Crippen LogP contribution in [0.3, 0.4) is 0 Å². The lowest BCUT2D eigenvalue weighted by Gasteiger charge is -2.24. The van der Waals surface area contributed by atoms with Crippen molar-refractivity contribution in [3.8, 4) is 5.75 Å². The van der Waals surface area contributed by atoms with Crippen LogP contribution in [0.1, 0.15) is 15.9 Å². The molecule has 3 rings (SSSR count). The highest BCUT2D eigenvalue weighted by molar-refractivity contribution is 9.10. The van der Waals surface area contributed by atoms with Crippen molar-refractivity contribution in [1.29, 1.82) is 0 Å². The third kappa shape index (κ3) is 3.71. The summed E-state index contributed by atoms with van der Waals surface area (Å²) in [6, 6.07) is 13.2. The van der Waals surface area contributed by atoms with Crippen LogP contribution < -0.4 is 9.64 Å². The molecular weight excluding hydrogens is 396 g/mol. The Bertz CT molecular complexity index is 849. The number of rotatable bonds is 7. The van der Waals surface area contributed by atoms with Crippen molar-refractivity contribution >= 4 is 33.3 Å². The van der Waals surface area contributed by atoms with Gasteiger partial charge in [0.05, 0.1) is 17.9 Å². The van der Waals surface area contributed by atoms with Crippen LogP contribution in [0.25, 0.3) is 0 Å². The number of ether oxygens (including phenoxy) is 1. The molecule has 2 aromatic carbocycles. The van der Waals surface area contributed by atoms with Gasteiger partial charge in [-0.1, -0.05) is 30.9 Å².